The van der Waals surface area contributed by atoms with E-state index in [0.29, 0.717) is 36.4 Å². The highest BCUT2D eigenvalue weighted by Crippen LogP contribution is 2.46. The average molecular weight is 577 g/mol. The fourth-order valence-corrected chi connectivity index (χ4v) is 7.66. The number of halogens is 1. The Bertz CT molecular complexity index is 1080. The average Bonchev–Trinajstić information content (AvgIpc) is 3.03. The Balaban J connectivity index is 1.19. The van der Waals surface area contributed by atoms with Crippen LogP contribution in [0.5, 0.6) is 0 Å². The molecule has 42 heavy (non-hydrogen) atoms. The van der Waals surface area contributed by atoms with E-state index in [1.165, 1.54) is 73.6 Å². The summed E-state index contributed by atoms with van der Waals surface area (Å²) in [5.74, 6) is 3.32. The molecular formula is C38H53FO3. The number of hydrogen-bond donors (Lipinski definition) is 1. The predicted molar refractivity (Wildman–Crippen MR) is 171 cm³/mol. The van der Waals surface area contributed by atoms with Crippen LogP contribution >= 0.6 is 0 Å². The van der Waals surface area contributed by atoms with Gasteiger partial charge in [-0.25, -0.2) is 4.79 Å². The van der Waals surface area contributed by atoms with E-state index in [1.54, 1.807) is 6.92 Å². The Hall–Kier alpha value is -2.46. The Morgan fingerprint density at radius 1 is 0.857 bits per heavy atom. The van der Waals surface area contributed by atoms with Gasteiger partial charge < -0.3 is 9.84 Å². The first kappa shape index (κ1) is 32.5. The molecule has 1 unspecified atom stereocenters. The molecule has 0 saturated heterocycles. The van der Waals surface area contributed by atoms with Gasteiger partial charge in [-0.1, -0.05) is 55.1 Å². The van der Waals surface area contributed by atoms with Crippen molar-refractivity contribution in [3.63, 3.8) is 0 Å². The van der Waals surface area contributed by atoms with E-state index in [-0.39, 0.29) is 19.3 Å². The Morgan fingerprint density at radius 2 is 1.45 bits per heavy atom. The number of esters is 1. The smallest absolute Gasteiger partial charge is 0.333 e. The molecule has 2 saturated carbocycles. The number of aliphatic hydroxyl groups excluding tert-OH is 1. The van der Waals surface area contributed by atoms with Crippen LogP contribution in [0.15, 0.2) is 60.7 Å². The lowest BCUT2D eigenvalue weighted by atomic mass is 9.66. The zero-order valence-electron chi connectivity index (χ0n) is 25.9. The summed E-state index contributed by atoms with van der Waals surface area (Å²) in [5, 5.41) is 9.67. The first-order chi connectivity index (χ1) is 20.5. The van der Waals surface area contributed by atoms with Gasteiger partial charge in [-0.15, -0.1) is 0 Å². The molecule has 0 radical (unpaired) electrons. The summed E-state index contributed by atoms with van der Waals surface area (Å²) in [6.45, 7) is 5.80. The molecule has 1 atom stereocenters. The second kappa shape index (κ2) is 17.0. The lowest BCUT2D eigenvalue weighted by molar-refractivity contribution is -0.139. The monoisotopic (exact) mass is 576 g/mol. The topological polar surface area (TPSA) is 46.5 Å². The highest BCUT2D eigenvalue weighted by Gasteiger charge is 2.33. The molecule has 3 nitrogen and oxygen atoms in total. The molecule has 230 valence electrons. The first-order valence-electron chi connectivity index (χ1n) is 16.7. The number of aryl methyl sites for hydroxylation is 1. The van der Waals surface area contributed by atoms with Crippen LogP contribution in [0.3, 0.4) is 0 Å². The molecule has 2 aromatic carbocycles. The summed E-state index contributed by atoms with van der Waals surface area (Å²) in [5.41, 5.74) is 5.75. The summed E-state index contributed by atoms with van der Waals surface area (Å²) in [6.07, 6.45) is 15.8. The van der Waals surface area contributed by atoms with Gasteiger partial charge >= 0.3 is 5.97 Å². The van der Waals surface area contributed by atoms with Crippen molar-refractivity contribution in [3.8, 4) is 11.1 Å². The van der Waals surface area contributed by atoms with Gasteiger partial charge in [0.05, 0.1) is 13.3 Å². The molecule has 4 heteroatoms. The zero-order chi connectivity index (χ0) is 29.7. The molecule has 0 bridgehead atoms. The van der Waals surface area contributed by atoms with Crippen LogP contribution in [-0.4, -0.2) is 31.0 Å². The summed E-state index contributed by atoms with van der Waals surface area (Å²) < 4.78 is 17.7. The molecule has 0 heterocycles. The number of aliphatic hydroxyl groups is 1. The number of carbonyl (C=O) groups excluding carboxylic acids is 1. The van der Waals surface area contributed by atoms with Crippen LogP contribution in [0.2, 0.25) is 0 Å². The third-order valence-corrected chi connectivity index (χ3v) is 10.2. The van der Waals surface area contributed by atoms with Gasteiger partial charge in [-0.2, -0.15) is 0 Å². The molecule has 4 rings (SSSR count). The maximum Gasteiger partial charge on any atom is 0.333 e. The standard InChI is InChI=1S/C38H53FO3/c1-28(2)38(41)42-27-5-7-30(24-26-40)32-12-14-34(15-13-32)36-20-22-37(23-21-36)35-18-16-33(17-19-35)31-10-8-29(9-11-31)6-3-4-25-39/h8-11,16-19,30,32,34,36-37,40H,1,3-7,12-15,20-27H2,2H3. The number of benzene rings is 2. The third-order valence-electron chi connectivity index (χ3n) is 10.2. The van der Waals surface area contributed by atoms with Gasteiger partial charge in [0.1, 0.15) is 0 Å². The van der Waals surface area contributed by atoms with Crippen molar-refractivity contribution in [1.29, 1.82) is 0 Å². The normalized spacial score (nSPS) is 23.3. The molecule has 0 amide bonds. The SMILES string of the molecule is C=C(C)C(=O)OCCCC(CCO)C1CCC(C2CCC(c3ccc(-c4ccc(CCCCF)cc4)cc3)CC2)CC1. The van der Waals surface area contributed by atoms with Crippen molar-refractivity contribution in [1.82, 2.24) is 0 Å². The Labute approximate surface area is 254 Å². The molecule has 2 aromatic rings. The predicted octanol–water partition coefficient (Wildman–Crippen LogP) is 9.62. The fourth-order valence-electron chi connectivity index (χ4n) is 7.66. The minimum Gasteiger partial charge on any atom is -0.462 e. The number of ether oxygens (including phenoxy) is 1. The molecule has 0 aliphatic heterocycles. The Morgan fingerprint density at radius 3 is 2.02 bits per heavy atom. The van der Waals surface area contributed by atoms with Crippen molar-refractivity contribution >= 4 is 5.97 Å². The molecule has 0 aromatic heterocycles. The highest BCUT2D eigenvalue weighted by molar-refractivity contribution is 5.86. The molecular weight excluding hydrogens is 523 g/mol. The van der Waals surface area contributed by atoms with E-state index >= 15 is 0 Å². The molecule has 0 spiro atoms. The molecule has 2 fully saturated rings. The van der Waals surface area contributed by atoms with Crippen molar-refractivity contribution in [2.75, 3.05) is 19.9 Å². The number of rotatable bonds is 15. The third kappa shape index (κ3) is 9.53. The maximum atomic E-state index is 12.4. The van der Waals surface area contributed by atoms with Gasteiger partial charge in [-0.05, 0) is 149 Å². The van der Waals surface area contributed by atoms with E-state index in [9.17, 15) is 14.3 Å². The van der Waals surface area contributed by atoms with Crippen molar-refractivity contribution in [2.24, 2.45) is 23.7 Å². The summed E-state index contributed by atoms with van der Waals surface area (Å²) in [7, 11) is 0. The number of alkyl halides is 1. The fraction of sp³-hybridized carbons (Fsp3) is 0.605. The molecule has 2 aliphatic carbocycles. The van der Waals surface area contributed by atoms with Crippen molar-refractivity contribution in [3.05, 3.63) is 71.8 Å². The molecule has 1 N–H and O–H groups in total. The Kier molecular flexibility index (Phi) is 13.1. The number of hydrogen-bond acceptors (Lipinski definition) is 3. The summed E-state index contributed by atoms with van der Waals surface area (Å²) >= 11 is 0. The van der Waals surface area contributed by atoms with E-state index in [4.69, 9.17) is 4.74 Å². The largest absolute Gasteiger partial charge is 0.462 e. The van der Waals surface area contributed by atoms with E-state index in [2.05, 4.69) is 55.1 Å². The van der Waals surface area contributed by atoms with Gasteiger partial charge in [0, 0.05) is 12.2 Å². The van der Waals surface area contributed by atoms with Crippen molar-refractivity contribution in [2.45, 2.75) is 103 Å². The first-order valence-corrected chi connectivity index (χ1v) is 16.7. The lowest BCUT2D eigenvalue weighted by Crippen LogP contribution is -2.28. The van der Waals surface area contributed by atoms with Crippen LogP contribution in [0.25, 0.3) is 11.1 Å². The second-order valence-corrected chi connectivity index (χ2v) is 13.1. The second-order valence-electron chi connectivity index (χ2n) is 13.1. The van der Waals surface area contributed by atoms with Crippen LogP contribution in [0.4, 0.5) is 4.39 Å². The molecule has 2 aliphatic rings. The van der Waals surface area contributed by atoms with Crippen LogP contribution in [0, 0.1) is 23.7 Å². The lowest BCUT2D eigenvalue weighted by Gasteiger charge is -2.40. The van der Waals surface area contributed by atoms with Crippen LogP contribution < -0.4 is 0 Å². The van der Waals surface area contributed by atoms with Crippen LogP contribution in [-0.2, 0) is 16.0 Å². The van der Waals surface area contributed by atoms with Gasteiger partial charge in [0.2, 0.25) is 0 Å². The highest BCUT2D eigenvalue weighted by atomic mass is 19.1. The summed E-state index contributed by atoms with van der Waals surface area (Å²) in [6, 6.07) is 18.0. The number of carbonyl (C=O) groups is 1. The minimum absolute atomic E-state index is 0.223. The maximum absolute atomic E-state index is 12.4. The van der Waals surface area contributed by atoms with Gasteiger partial charge in [0.15, 0.2) is 0 Å². The van der Waals surface area contributed by atoms with Crippen molar-refractivity contribution < 1.29 is 19.0 Å². The number of unbranched alkanes of at least 4 members (excludes halogenated alkanes) is 1. The van der Waals surface area contributed by atoms with Crippen LogP contribution in [0.1, 0.15) is 107 Å². The van der Waals surface area contributed by atoms with Gasteiger partial charge in [0.25, 0.3) is 0 Å². The minimum atomic E-state index is -0.300. The van der Waals surface area contributed by atoms with E-state index in [0.717, 1.165) is 43.9 Å². The van der Waals surface area contributed by atoms with Gasteiger partial charge in [-0.3, -0.25) is 4.39 Å². The van der Waals surface area contributed by atoms with E-state index in [1.807, 2.05) is 0 Å². The summed E-state index contributed by atoms with van der Waals surface area (Å²) in [4.78, 5) is 11.6. The van der Waals surface area contributed by atoms with E-state index < -0.39 is 0 Å². The quantitative estimate of drug-likeness (QED) is 0.130. The zero-order valence-corrected chi connectivity index (χ0v) is 25.9.